The van der Waals surface area contributed by atoms with Crippen molar-refractivity contribution in [1.29, 1.82) is 0 Å². The van der Waals surface area contributed by atoms with Gasteiger partial charge in [0, 0.05) is 24.2 Å². The maximum Gasteiger partial charge on any atom is 0.186 e. The number of hydrogen-bond donors (Lipinski definition) is 0. The largest absolute Gasteiger partial charge is 0.497 e. The lowest BCUT2D eigenvalue weighted by molar-refractivity contribution is -0.313. The van der Waals surface area contributed by atoms with Gasteiger partial charge in [0.05, 0.1) is 33.2 Å². The molecule has 142 valence electrons. The monoisotopic (exact) mass is 358 g/mol. The second kappa shape index (κ2) is 8.23. The molecule has 1 fully saturated rings. The summed E-state index contributed by atoms with van der Waals surface area (Å²) in [4.78, 5) is 4.16. The summed E-state index contributed by atoms with van der Waals surface area (Å²) in [6, 6.07) is 8.20. The van der Waals surface area contributed by atoms with E-state index < -0.39 is 5.79 Å². The lowest BCUT2D eigenvalue weighted by atomic mass is 9.83. The van der Waals surface area contributed by atoms with Crippen LogP contribution in [0.15, 0.2) is 43.0 Å². The van der Waals surface area contributed by atoms with Gasteiger partial charge < -0.3 is 18.8 Å². The molecule has 0 spiro atoms. The van der Waals surface area contributed by atoms with E-state index in [0.717, 1.165) is 44.6 Å². The Bertz CT molecular complexity index is 670. The highest BCUT2D eigenvalue weighted by Crippen LogP contribution is 2.38. The molecule has 0 atom stereocenters. The maximum absolute atomic E-state index is 6.41. The fraction of sp³-hybridized carbons (Fsp3) is 0.571. The molecule has 0 saturated carbocycles. The molecule has 0 amide bonds. The van der Waals surface area contributed by atoms with E-state index in [-0.39, 0.29) is 5.41 Å². The number of benzene rings is 1. The van der Waals surface area contributed by atoms with E-state index in [0.29, 0.717) is 6.54 Å². The van der Waals surface area contributed by atoms with Crippen molar-refractivity contribution >= 4 is 0 Å². The Morgan fingerprint density at radius 2 is 1.96 bits per heavy atom. The number of hydrogen-bond acceptors (Lipinski definition) is 4. The number of aryl methyl sites for hydroxylation is 1. The predicted octanol–water partition coefficient (Wildman–Crippen LogP) is 4.07. The van der Waals surface area contributed by atoms with Crippen molar-refractivity contribution < 1.29 is 14.2 Å². The van der Waals surface area contributed by atoms with Crippen molar-refractivity contribution in [2.45, 2.75) is 51.9 Å². The average Bonchev–Trinajstić information content (AvgIpc) is 3.20. The molecule has 0 unspecified atom stereocenters. The molecular weight excluding hydrogens is 328 g/mol. The summed E-state index contributed by atoms with van der Waals surface area (Å²) in [5.74, 6) is 0.269. The van der Waals surface area contributed by atoms with Crippen LogP contribution in [0.4, 0.5) is 0 Å². The molecule has 2 heterocycles. The minimum atomic E-state index is -0.613. The summed E-state index contributed by atoms with van der Waals surface area (Å²) in [6.07, 6.45) is 9.38. The molecule has 1 aliphatic rings. The first-order valence-corrected chi connectivity index (χ1v) is 9.49. The zero-order valence-electron chi connectivity index (χ0n) is 16.1. The van der Waals surface area contributed by atoms with Crippen LogP contribution >= 0.6 is 0 Å². The molecule has 0 radical (unpaired) electrons. The number of ether oxygens (including phenoxy) is 3. The Hall–Kier alpha value is -1.85. The zero-order valence-corrected chi connectivity index (χ0v) is 16.1. The summed E-state index contributed by atoms with van der Waals surface area (Å²) < 4.78 is 20.2. The van der Waals surface area contributed by atoms with E-state index in [4.69, 9.17) is 14.2 Å². The highest BCUT2D eigenvalue weighted by molar-refractivity contribution is 5.28. The topological polar surface area (TPSA) is 45.5 Å². The molecule has 2 aromatic rings. The van der Waals surface area contributed by atoms with E-state index >= 15 is 0 Å². The molecule has 5 nitrogen and oxygen atoms in total. The van der Waals surface area contributed by atoms with Crippen LogP contribution in [0, 0.1) is 5.41 Å². The second-order valence-corrected chi connectivity index (χ2v) is 7.28. The summed E-state index contributed by atoms with van der Waals surface area (Å²) in [5.41, 5.74) is 1.36. The van der Waals surface area contributed by atoms with Gasteiger partial charge in [-0.05, 0) is 37.0 Å². The van der Waals surface area contributed by atoms with Gasteiger partial charge >= 0.3 is 0 Å². The highest BCUT2D eigenvalue weighted by atomic mass is 16.7. The number of rotatable bonds is 8. The average molecular weight is 358 g/mol. The van der Waals surface area contributed by atoms with Crippen LogP contribution < -0.4 is 4.74 Å². The third-order valence-corrected chi connectivity index (χ3v) is 5.69. The smallest absolute Gasteiger partial charge is 0.186 e. The van der Waals surface area contributed by atoms with Gasteiger partial charge in [-0.3, -0.25) is 0 Å². The van der Waals surface area contributed by atoms with Gasteiger partial charge in [0.1, 0.15) is 5.75 Å². The van der Waals surface area contributed by atoms with Crippen LogP contribution in [-0.2, 0) is 22.4 Å². The minimum absolute atomic E-state index is 0.133. The van der Waals surface area contributed by atoms with Gasteiger partial charge in [-0.15, -0.1) is 0 Å². The van der Waals surface area contributed by atoms with E-state index in [9.17, 15) is 0 Å². The highest BCUT2D eigenvalue weighted by Gasteiger charge is 2.43. The predicted molar refractivity (Wildman–Crippen MR) is 101 cm³/mol. The van der Waals surface area contributed by atoms with E-state index in [1.165, 1.54) is 5.56 Å². The quantitative estimate of drug-likeness (QED) is 0.713. The van der Waals surface area contributed by atoms with Crippen molar-refractivity contribution in [2.24, 2.45) is 5.41 Å². The Morgan fingerprint density at radius 3 is 2.58 bits per heavy atom. The standard InChI is InChI=1S/C21H30N2O3/c1-4-20(5-2)15-25-21(26-16-20,14-23-12-11-22-17-23)10-9-18-7-6-8-19(13-18)24-3/h6-8,11-13,17H,4-5,9-10,14-16H2,1-3H3. The van der Waals surface area contributed by atoms with Crippen molar-refractivity contribution in [1.82, 2.24) is 9.55 Å². The van der Waals surface area contributed by atoms with Crippen LogP contribution in [0.2, 0.25) is 0 Å². The lowest BCUT2D eigenvalue weighted by Crippen LogP contribution is -2.51. The SMILES string of the molecule is CCC1(CC)COC(CCc2cccc(OC)c2)(Cn2ccnc2)OC1. The fourth-order valence-corrected chi connectivity index (χ4v) is 3.45. The third-order valence-electron chi connectivity index (χ3n) is 5.69. The number of imidazole rings is 1. The van der Waals surface area contributed by atoms with Crippen LogP contribution in [0.3, 0.4) is 0 Å². The number of aromatic nitrogens is 2. The second-order valence-electron chi connectivity index (χ2n) is 7.28. The van der Waals surface area contributed by atoms with E-state index in [2.05, 4.69) is 31.0 Å². The van der Waals surface area contributed by atoms with Gasteiger partial charge in [0.25, 0.3) is 0 Å². The Kier molecular flexibility index (Phi) is 5.99. The summed E-state index contributed by atoms with van der Waals surface area (Å²) in [5, 5.41) is 0. The van der Waals surface area contributed by atoms with Crippen LogP contribution in [-0.4, -0.2) is 35.7 Å². The van der Waals surface area contributed by atoms with Crippen molar-refractivity contribution in [2.75, 3.05) is 20.3 Å². The first-order chi connectivity index (χ1) is 12.6. The molecule has 0 bridgehead atoms. The molecule has 0 N–H and O–H groups in total. The summed E-state index contributed by atoms with van der Waals surface area (Å²) in [6.45, 7) is 6.57. The Morgan fingerprint density at radius 1 is 1.19 bits per heavy atom. The number of methoxy groups -OCH3 is 1. The Balaban J connectivity index is 1.73. The van der Waals surface area contributed by atoms with Crippen molar-refractivity contribution in [3.05, 3.63) is 48.5 Å². The van der Waals surface area contributed by atoms with Crippen molar-refractivity contribution in [3.8, 4) is 5.75 Å². The normalized spacial score (nSPS) is 18.6. The summed E-state index contributed by atoms with van der Waals surface area (Å²) >= 11 is 0. The number of nitrogens with zero attached hydrogens (tertiary/aromatic N) is 2. The molecule has 5 heteroatoms. The van der Waals surface area contributed by atoms with Crippen molar-refractivity contribution in [3.63, 3.8) is 0 Å². The molecule has 1 aromatic heterocycles. The maximum atomic E-state index is 6.41. The fourth-order valence-electron chi connectivity index (χ4n) is 3.45. The molecule has 1 aliphatic heterocycles. The molecular formula is C21H30N2O3. The van der Waals surface area contributed by atoms with Gasteiger partial charge in [-0.2, -0.15) is 0 Å². The van der Waals surface area contributed by atoms with E-state index in [1.807, 2.05) is 29.2 Å². The first kappa shape index (κ1) is 18.9. The van der Waals surface area contributed by atoms with E-state index in [1.54, 1.807) is 13.3 Å². The third kappa shape index (κ3) is 4.27. The van der Waals surface area contributed by atoms with Crippen LogP contribution in [0.1, 0.15) is 38.7 Å². The lowest BCUT2D eigenvalue weighted by Gasteiger charge is -2.46. The molecule has 26 heavy (non-hydrogen) atoms. The molecule has 3 rings (SSSR count). The van der Waals surface area contributed by atoms with Crippen LogP contribution in [0.25, 0.3) is 0 Å². The van der Waals surface area contributed by atoms with Gasteiger partial charge in [-0.1, -0.05) is 26.0 Å². The van der Waals surface area contributed by atoms with Gasteiger partial charge in [0.15, 0.2) is 5.79 Å². The molecule has 1 saturated heterocycles. The zero-order chi connectivity index (χ0) is 18.5. The van der Waals surface area contributed by atoms with Crippen LogP contribution in [0.5, 0.6) is 5.75 Å². The van der Waals surface area contributed by atoms with Gasteiger partial charge in [0.2, 0.25) is 0 Å². The Labute approximate surface area is 156 Å². The summed E-state index contributed by atoms with van der Waals surface area (Å²) in [7, 11) is 1.70. The molecule has 0 aliphatic carbocycles. The van der Waals surface area contributed by atoms with Gasteiger partial charge in [-0.25, -0.2) is 4.98 Å². The minimum Gasteiger partial charge on any atom is -0.497 e. The first-order valence-electron chi connectivity index (χ1n) is 9.49. The molecule has 1 aromatic carbocycles.